The van der Waals surface area contributed by atoms with Crippen LogP contribution in [-0.4, -0.2) is 17.4 Å². The van der Waals surface area contributed by atoms with Crippen molar-refractivity contribution in [1.29, 1.82) is 0 Å². The molecule has 5 heteroatoms. The highest BCUT2D eigenvalue weighted by atomic mass is 19.1. The van der Waals surface area contributed by atoms with Crippen LogP contribution in [0.15, 0.2) is 36.4 Å². The third kappa shape index (κ3) is 3.55. The number of pyridine rings is 1. The minimum absolute atomic E-state index is 0.104. The number of fused-ring (bicyclic) bond motifs is 1. The summed E-state index contributed by atoms with van der Waals surface area (Å²) in [7, 11) is 0. The van der Waals surface area contributed by atoms with Crippen molar-refractivity contribution in [1.82, 2.24) is 4.98 Å². The lowest BCUT2D eigenvalue weighted by Crippen LogP contribution is -2.26. The van der Waals surface area contributed by atoms with Gasteiger partial charge in [0, 0.05) is 12.2 Å². The quantitative estimate of drug-likeness (QED) is 0.894. The maximum atomic E-state index is 13.0. The average Bonchev–Trinajstić information content (AvgIpc) is 2.56. The average molecular weight is 327 g/mol. The van der Waals surface area contributed by atoms with Crippen molar-refractivity contribution in [3.63, 3.8) is 0 Å². The minimum atomic E-state index is -0.345. The zero-order chi connectivity index (χ0) is 17.1. The number of halogens is 1. The highest BCUT2D eigenvalue weighted by Gasteiger charge is 2.26. The third-order valence-corrected chi connectivity index (χ3v) is 4.28. The molecule has 24 heavy (non-hydrogen) atoms. The standard InChI is InChI=1S/C19H22FN3O/c1-12(2)18(19(24)22-14-7-5-13(20)6-8-14)17-10-9-15-16(23-17)4-3-11-21-15/h5-10,12,18,21H,3-4,11H2,1-2H3,(H,22,24). The Morgan fingerprint density at radius 2 is 1.96 bits per heavy atom. The lowest BCUT2D eigenvalue weighted by molar-refractivity contribution is -0.118. The van der Waals surface area contributed by atoms with Gasteiger partial charge in [0.1, 0.15) is 5.82 Å². The molecule has 1 aliphatic rings. The Kier molecular flexibility index (Phi) is 4.79. The number of rotatable bonds is 4. The molecule has 0 radical (unpaired) electrons. The van der Waals surface area contributed by atoms with Gasteiger partial charge in [-0.2, -0.15) is 0 Å². The van der Waals surface area contributed by atoms with E-state index in [9.17, 15) is 9.18 Å². The SMILES string of the molecule is CC(C)C(C(=O)Nc1ccc(F)cc1)c1ccc2c(n1)CCCN2. The Morgan fingerprint density at radius 1 is 1.21 bits per heavy atom. The van der Waals surface area contributed by atoms with E-state index in [2.05, 4.69) is 10.6 Å². The van der Waals surface area contributed by atoms with Gasteiger partial charge in [0.2, 0.25) is 5.91 Å². The highest BCUT2D eigenvalue weighted by Crippen LogP contribution is 2.28. The van der Waals surface area contributed by atoms with Crippen LogP contribution in [-0.2, 0) is 11.2 Å². The summed E-state index contributed by atoms with van der Waals surface area (Å²) in [5, 5.41) is 6.20. The number of aryl methyl sites for hydroxylation is 1. The lowest BCUT2D eigenvalue weighted by atomic mass is 9.90. The van der Waals surface area contributed by atoms with E-state index < -0.39 is 0 Å². The second kappa shape index (κ2) is 6.99. The number of aromatic nitrogens is 1. The molecule has 126 valence electrons. The van der Waals surface area contributed by atoms with Gasteiger partial charge >= 0.3 is 0 Å². The summed E-state index contributed by atoms with van der Waals surface area (Å²) < 4.78 is 13.0. The van der Waals surface area contributed by atoms with Crippen molar-refractivity contribution in [2.45, 2.75) is 32.6 Å². The number of nitrogens with one attached hydrogen (secondary N) is 2. The zero-order valence-corrected chi connectivity index (χ0v) is 14.0. The van der Waals surface area contributed by atoms with Crippen LogP contribution in [0.25, 0.3) is 0 Å². The predicted molar refractivity (Wildman–Crippen MR) is 93.7 cm³/mol. The van der Waals surface area contributed by atoms with Crippen molar-refractivity contribution in [2.75, 3.05) is 17.2 Å². The van der Waals surface area contributed by atoms with E-state index in [1.54, 1.807) is 12.1 Å². The number of benzene rings is 1. The number of anilines is 2. The molecule has 0 saturated carbocycles. The fraction of sp³-hybridized carbons (Fsp3) is 0.368. The molecule has 1 aromatic carbocycles. The van der Waals surface area contributed by atoms with Crippen LogP contribution in [0.3, 0.4) is 0 Å². The van der Waals surface area contributed by atoms with Gasteiger partial charge in [-0.1, -0.05) is 13.8 Å². The summed E-state index contributed by atoms with van der Waals surface area (Å²) in [5.74, 6) is -0.681. The molecule has 1 aromatic heterocycles. The van der Waals surface area contributed by atoms with Gasteiger partial charge in [-0.25, -0.2) is 4.39 Å². The number of hydrogen-bond donors (Lipinski definition) is 2. The molecule has 0 fully saturated rings. The smallest absolute Gasteiger partial charge is 0.233 e. The van der Waals surface area contributed by atoms with Gasteiger partial charge in [0.15, 0.2) is 0 Å². The van der Waals surface area contributed by atoms with Crippen LogP contribution in [0, 0.1) is 11.7 Å². The van der Waals surface area contributed by atoms with Crippen molar-refractivity contribution in [3.8, 4) is 0 Å². The molecule has 1 unspecified atom stereocenters. The lowest BCUT2D eigenvalue weighted by Gasteiger charge is -2.23. The number of hydrogen-bond acceptors (Lipinski definition) is 3. The van der Waals surface area contributed by atoms with Crippen molar-refractivity contribution >= 4 is 17.3 Å². The first-order valence-electron chi connectivity index (χ1n) is 8.34. The van der Waals surface area contributed by atoms with E-state index in [0.717, 1.165) is 36.5 Å². The number of carbonyl (C=O) groups is 1. The van der Waals surface area contributed by atoms with Crippen LogP contribution < -0.4 is 10.6 Å². The van der Waals surface area contributed by atoms with Gasteiger partial charge in [-0.15, -0.1) is 0 Å². The van der Waals surface area contributed by atoms with Crippen LogP contribution in [0.2, 0.25) is 0 Å². The molecule has 0 saturated heterocycles. The first-order chi connectivity index (χ1) is 11.5. The largest absolute Gasteiger partial charge is 0.384 e. The number of amides is 1. The van der Waals surface area contributed by atoms with Crippen molar-refractivity contribution in [3.05, 3.63) is 53.6 Å². The second-order valence-electron chi connectivity index (χ2n) is 6.48. The normalized spacial score (nSPS) is 14.7. The molecule has 2 aromatic rings. The molecular weight excluding hydrogens is 305 g/mol. The topological polar surface area (TPSA) is 54.0 Å². The monoisotopic (exact) mass is 327 g/mol. The van der Waals surface area contributed by atoms with Gasteiger partial charge in [-0.3, -0.25) is 9.78 Å². The third-order valence-electron chi connectivity index (χ3n) is 4.28. The molecule has 0 aliphatic carbocycles. The summed E-state index contributed by atoms with van der Waals surface area (Å²) in [6.07, 6.45) is 1.98. The van der Waals surface area contributed by atoms with Crippen molar-refractivity contribution in [2.24, 2.45) is 5.92 Å². The van der Waals surface area contributed by atoms with Crippen LogP contribution in [0.5, 0.6) is 0 Å². The molecular formula is C19H22FN3O. The van der Waals surface area contributed by atoms with E-state index in [-0.39, 0.29) is 23.6 Å². The molecule has 1 amide bonds. The van der Waals surface area contributed by atoms with Gasteiger partial charge in [0.25, 0.3) is 0 Å². The molecule has 1 aliphatic heterocycles. The van der Waals surface area contributed by atoms with Gasteiger partial charge < -0.3 is 10.6 Å². The fourth-order valence-corrected chi connectivity index (χ4v) is 3.05. The van der Waals surface area contributed by atoms with Crippen LogP contribution >= 0.6 is 0 Å². The molecule has 0 spiro atoms. The van der Waals surface area contributed by atoms with E-state index in [4.69, 9.17) is 4.98 Å². The fourth-order valence-electron chi connectivity index (χ4n) is 3.05. The summed E-state index contributed by atoms with van der Waals surface area (Å²) in [6.45, 7) is 4.98. The first-order valence-corrected chi connectivity index (χ1v) is 8.34. The maximum absolute atomic E-state index is 13.0. The predicted octanol–water partition coefficient (Wildman–Crippen LogP) is 3.96. The van der Waals surface area contributed by atoms with Crippen LogP contribution in [0.1, 0.15) is 37.6 Å². The Hall–Kier alpha value is -2.43. The summed E-state index contributed by atoms with van der Waals surface area (Å²) >= 11 is 0. The van der Waals surface area contributed by atoms with Crippen molar-refractivity contribution < 1.29 is 9.18 Å². The zero-order valence-electron chi connectivity index (χ0n) is 14.0. The molecule has 4 nitrogen and oxygen atoms in total. The van der Waals surface area contributed by atoms with E-state index in [1.165, 1.54) is 12.1 Å². The molecule has 0 bridgehead atoms. The highest BCUT2D eigenvalue weighted by molar-refractivity contribution is 5.95. The molecule has 2 heterocycles. The van der Waals surface area contributed by atoms with E-state index >= 15 is 0 Å². The van der Waals surface area contributed by atoms with E-state index in [1.807, 2.05) is 26.0 Å². The summed E-state index contributed by atoms with van der Waals surface area (Å²) in [6, 6.07) is 9.73. The second-order valence-corrected chi connectivity index (χ2v) is 6.48. The minimum Gasteiger partial charge on any atom is -0.384 e. The van der Waals surface area contributed by atoms with Gasteiger partial charge in [-0.05, 0) is 55.2 Å². The maximum Gasteiger partial charge on any atom is 0.233 e. The Labute approximate surface area is 141 Å². The number of nitrogens with zero attached hydrogens (tertiary/aromatic N) is 1. The number of carbonyl (C=O) groups excluding carboxylic acids is 1. The molecule has 2 N–H and O–H groups in total. The molecule has 3 rings (SSSR count). The van der Waals surface area contributed by atoms with Crippen LogP contribution in [0.4, 0.5) is 15.8 Å². The summed E-state index contributed by atoms with van der Waals surface area (Å²) in [4.78, 5) is 17.5. The Balaban J connectivity index is 1.83. The first kappa shape index (κ1) is 16.4. The Morgan fingerprint density at radius 3 is 2.67 bits per heavy atom. The van der Waals surface area contributed by atoms with E-state index in [0.29, 0.717) is 5.69 Å². The van der Waals surface area contributed by atoms with Gasteiger partial charge in [0.05, 0.1) is 23.0 Å². The molecule has 1 atom stereocenters. The summed E-state index contributed by atoms with van der Waals surface area (Å²) in [5.41, 5.74) is 3.46. The Bertz CT molecular complexity index is 728.